The van der Waals surface area contributed by atoms with Crippen molar-refractivity contribution in [1.29, 1.82) is 0 Å². The summed E-state index contributed by atoms with van der Waals surface area (Å²) < 4.78 is 75.4. The number of methoxy groups -OCH3 is 2. The molecular formula is C44H53N7O22S. The quantitative estimate of drug-likeness (QED) is 0.0140. The highest BCUT2D eigenvalue weighted by Gasteiger charge is 2.36. The summed E-state index contributed by atoms with van der Waals surface area (Å²) in [5, 5.41) is 28.1. The largest absolute Gasteiger partial charge is 0.510 e. The molecule has 0 saturated heterocycles. The number of rotatable bonds is 32. The standard InChI is InChI=1S/C44H53N7O22S/c1-44(2,3)31-18-21-36(45-26-31)74(61,62)48(29-68-43(54)65-22-8-9-23-69-49(55)56)41-39(73-35-13-7-6-12-34(35)64-5)42(47-40(46-41)30-16-19-32(63-4)20-17-30)67-28-33(72-38(53)15-11-25-71-51(59)60)27-66-37(52)14-10-24-70-50(57)58/h6-7,12-13,16-21,26,33H,8-11,14-15,22-25,27-29H2,1-5H3. The molecule has 29 nitrogen and oxygen atoms in total. The lowest BCUT2D eigenvalue weighted by Crippen LogP contribution is -2.36. The minimum Gasteiger partial charge on any atom is -0.497 e. The van der Waals surface area contributed by atoms with E-state index in [0.717, 1.165) is 0 Å². The molecule has 0 aliphatic carbocycles. The van der Waals surface area contributed by atoms with E-state index in [1.165, 1.54) is 56.8 Å². The van der Waals surface area contributed by atoms with Gasteiger partial charge in [-0.05, 0) is 79.1 Å². The van der Waals surface area contributed by atoms with E-state index in [4.69, 9.17) is 37.9 Å². The van der Waals surface area contributed by atoms with Gasteiger partial charge < -0.3 is 52.4 Å². The number of hydrogen-bond donors (Lipinski definition) is 0. The van der Waals surface area contributed by atoms with E-state index < -0.39 is 117 Å². The average molecular weight is 1060 g/mol. The first-order valence-corrected chi connectivity index (χ1v) is 23.6. The van der Waals surface area contributed by atoms with Crippen molar-refractivity contribution in [2.75, 3.05) is 64.9 Å². The molecular weight excluding hydrogens is 1010 g/mol. The molecule has 0 aliphatic rings. The highest BCUT2D eigenvalue weighted by atomic mass is 32.2. The van der Waals surface area contributed by atoms with Crippen molar-refractivity contribution in [3.63, 3.8) is 0 Å². The monoisotopic (exact) mass is 1060 g/mol. The van der Waals surface area contributed by atoms with Crippen LogP contribution in [-0.4, -0.2) is 123 Å². The lowest BCUT2D eigenvalue weighted by atomic mass is 9.88. The van der Waals surface area contributed by atoms with Crippen LogP contribution in [0.15, 0.2) is 71.9 Å². The highest BCUT2D eigenvalue weighted by Crippen LogP contribution is 2.44. The number of aromatic nitrogens is 3. The molecule has 1 unspecified atom stereocenters. The Morgan fingerprint density at radius 1 is 0.703 bits per heavy atom. The molecule has 2 aromatic heterocycles. The van der Waals surface area contributed by atoms with Gasteiger partial charge in [0, 0.05) is 24.6 Å². The average Bonchev–Trinajstić information content (AvgIpc) is 3.36. The van der Waals surface area contributed by atoms with Crippen LogP contribution in [-0.2, 0) is 58.5 Å². The van der Waals surface area contributed by atoms with Crippen molar-refractivity contribution in [2.45, 2.75) is 75.8 Å². The minimum absolute atomic E-state index is 0.0665. The Labute approximate surface area is 422 Å². The normalized spacial score (nSPS) is 11.5. The van der Waals surface area contributed by atoms with Gasteiger partial charge in [-0.3, -0.25) is 9.59 Å². The first-order valence-electron chi connectivity index (χ1n) is 22.2. The Bertz CT molecular complexity index is 2640. The van der Waals surface area contributed by atoms with Crippen molar-refractivity contribution in [2.24, 2.45) is 0 Å². The number of carbonyl (C=O) groups excluding carboxylic acids is 3. The first kappa shape index (κ1) is 58.0. The van der Waals surface area contributed by atoms with Gasteiger partial charge in [-0.2, -0.15) is 13.4 Å². The molecule has 74 heavy (non-hydrogen) atoms. The van der Waals surface area contributed by atoms with Crippen molar-refractivity contribution in [3.8, 4) is 40.3 Å². The first-order chi connectivity index (χ1) is 35.2. The maximum Gasteiger partial charge on any atom is 0.510 e. The molecule has 0 saturated carbocycles. The third-order valence-electron chi connectivity index (χ3n) is 9.67. The van der Waals surface area contributed by atoms with Crippen LogP contribution < -0.4 is 23.3 Å². The number of carbonyl (C=O) groups is 3. The second kappa shape index (κ2) is 28.5. The van der Waals surface area contributed by atoms with Crippen LogP contribution in [0.3, 0.4) is 0 Å². The van der Waals surface area contributed by atoms with Gasteiger partial charge in [0.15, 0.2) is 41.0 Å². The van der Waals surface area contributed by atoms with Crippen LogP contribution in [0.5, 0.6) is 28.9 Å². The summed E-state index contributed by atoms with van der Waals surface area (Å²) in [5.74, 6) is -3.46. The fraction of sp³-hybridized carbons (Fsp3) is 0.455. The predicted molar refractivity (Wildman–Crippen MR) is 250 cm³/mol. The Hall–Kier alpha value is -8.57. The van der Waals surface area contributed by atoms with Gasteiger partial charge in [0.05, 0.1) is 40.6 Å². The van der Waals surface area contributed by atoms with Crippen LogP contribution >= 0.6 is 0 Å². The van der Waals surface area contributed by atoms with Crippen LogP contribution in [0.2, 0.25) is 0 Å². The lowest BCUT2D eigenvalue weighted by Gasteiger charge is -2.26. The number of para-hydroxylation sites is 2. The van der Waals surface area contributed by atoms with E-state index in [2.05, 4.69) is 29.5 Å². The summed E-state index contributed by atoms with van der Waals surface area (Å²) >= 11 is 0. The lowest BCUT2D eigenvalue weighted by molar-refractivity contribution is -0.757. The third kappa shape index (κ3) is 18.9. The second-order valence-corrected chi connectivity index (χ2v) is 17.8. The van der Waals surface area contributed by atoms with Crippen molar-refractivity contribution >= 4 is 33.9 Å². The summed E-state index contributed by atoms with van der Waals surface area (Å²) in [4.78, 5) is 96.9. The molecule has 0 amide bonds. The zero-order valence-corrected chi connectivity index (χ0v) is 41.5. The Morgan fingerprint density at radius 3 is 1.89 bits per heavy atom. The third-order valence-corrected chi connectivity index (χ3v) is 11.3. The number of pyridine rings is 1. The topological polar surface area (TPSA) is 358 Å². The number of hydrogen-bond acceptors (Lipinski definition) is 25. The summed E-state index contributed by atoms with van der Waals surface area (Å²) in [6.07, 6.45) is -2.43. The molecule has 4 aromatic rings. The van der Waals surface area contributed by atoms with Gasteiger partial charge in [-0.15, -0.1) is 30.3 Å². The zero-order valence-electron chi connectivity index (χ0n) is 40.6. The Kier molecular flexibility index (Phi) is 22.3. The molecule has 0 fully saturated rings. The highest BCUT2D eigenvalue weighted by molar-refractivity contribution is 7.92. The molecule has 0 bridgehead atoms. The van der Waals surface area contributed by atoms with E-state index in [0.29, 0.717) is 15.6 Å². The number of unbranched alkanes of at least 4 members (excludes halogenated alkanes) is 1. The predicted octanol–water partition coefficient (Wildman–Crippen LogP) is 5.75. The van der Waals surface area contributed by atoms with Crippen LogP contribution in [0.25, 0.3) is 11.4 Å². The second-order valence-electron chi connectivity index (χ2n) is 16.0. The fourth-order valence-corrected chi connectivity index (χ4v) is 7.14. The van der Waals surface area contributed by atoms with Gasteiger partial charge in [-0.1, -0.05) is 39.0 Å². The maximum atomic E-state index is 15.0. The van der Waals surface area contributed by atoms with Gasteiger partial charge in [0.2, 0.25) is 5.75 Å². The van der Waals surface area contributed by atoms with Crippen LogP contribution in [0, 0.1) is 30.3 Å². The molecule has 2 heterocycles. The summed E-state index contributed by atoms with van der Waals surface area (Å²) in [5.41, 5.74) is 0.409. The molecule has 0 aliphatic heterocycles. The summed E-state index contributed by atoms with van der Waals surface area (Å²) in [6, 6.07) is 15.0. The number of sulfonamides is 1. The van der Waals surface area contributed by atoms with Gasteiger partial charge in [-0.25, -0.2) is 19.1 Å². The van der Waals surface area contributed by atoms with E-state index in [1.807, 2.05) is 20.8 Å². The van der Waals surface area contributed by atoms with E-state index in [-0.39, 0.29) is 68.2 Å². The van der Waals surface area contributed by atoms with Crippen LogP contribution in [0.1, 0.15) is 64.9 Å². The number of ether oxygens (including phenoxy) is 8. The van der Waals surface area contributed by atoms with E-state index in [9.17, 15) is 44.7 Å². The molecule has 0 radical (unpaired) electrons. The molecule has 0 spiro atoms. The van der Waals surface area contributed by atoms with Crippen molar-refractivity contribution in [3.05, 3.63) is 103 Å². The van der Waals surface area contributed by atoms with Gasteiger partial charge in [0.1, 0.15) is 19.0 Å². The van der Waals surface area contributed by atoms with Gasteiger partial charge >= 0.3 is 18.1 Å². The zero-order chi connectivity index (χ0) is 54.3. The SMILES string of the molecule is COc1ccc(-c2nc(OCC(COC(=O)CCCO[N+](=O)[O-])OC(=O)CCCO[N+](=O)[O-])c(Oc3ccccc3OC)c(N(COC(=O)OCCCCO[N+](=O)[O-])S(=O)(=O)c3ccc(C(C)(C)C)cn3)n2)cc1. The fourth-order valence-electron chi connectivity index (χ4n) is 5.94. The summed E-state index contributed by atoms with van der Waals surface area (Å²) in [7, 11) is -2.26. The molecule has 1 atom stereocenters. The number of esters is 2. The van der Waals surface area contributed by atoms with Crippen LogP contribution in [0.4, 0.5) is 10.6 Å². The Balaban J connectivity index is 1.91. The molecule has 2 aromatic carbocycles. The molecule has 4 rings (SSSR count). The smallest absolute Gasteiger partial charge is 0.497 e. The molecule has 0 N–H and O–H groups in total. The Morgan fingerprint density at radius 2 is 1.31 bits per heavy atom. The number of nitrogens with zero attached hydrogens (tertiary/aromatic N) is 7. The number of anilines is 1. The summed E-state index contributed by atoms with van der Waals surface area (Å²) in [6.45, 7) is 1.51. The van der Waals surface area contributed by atoms with Crippen molar-refractivity contribution in [1.82, 2.24) is 15.0 Å². The number of benzene rings is 2. The van der Waals surface area contributed by atoms with Gasteiger partial charge in [0.25, 0.3) is 31.2 Å². The van der Waals surface area contributed by atoms with E-state index in [1.54, 1.807) is 24.3 Å². The van der Waals surface area contributed by atoms with E-state index >= 15 is 8.42 Å². The van der Waals surface area contributed by atoms with Crippen molar-refractivity contribution < 1.29 is 90.5 Å². The molecule has 402 valence electrons. The minimum atomic E-state index is -5.00. The maximum absolute atomic E-state index is 15.0. The molecule has 30 heteroatoms.